The molecule has 3 heteroatoms. The Kier molecular flexibility index (Phi) is 2.57. The van der Waals surface area contributed by atoms with Crippen LogP contribution in [0.5, 0.6) is 0 Å². The van der Waals surface area contributed by atoms with Crippen LogP contribution in [0.25, 0.3) is 0 Å². The van der Waals surface area contributed by atoms with Gasteiger partial charge in [-0.15, -0.1) is 0 Å². The van der Waals surface area contributed by atoms with Gasteiger partial charge in [-0.3, -0.25) is 4.79 Å². The summed E-state index contributed by atoms with van der Waals surface area (Å²) in [5.74, 6) is 1.95. The van der Waals surface area contributed by atoms with Crippen LogP contribution in [-0.2, 0) is 4.79 Å². The molecule has 16 heavy (non-hydrogen) atoms. The van der Waals surface area contributed by atoms with Gasteiger partial charge in [0.25, 0.3) is 0 Å². The van der Waals surface area contributed by atoms with E-state index in [4.69, 9.17) is 0 Å². The molecule has 2 N–H and O–H groups in total. The van der Waals surface area contributed by atoms with Gasteiger partial charge in [0.15, 0.2) is 0 Å². The summed E-state index contributed by atoms with van der Waals surface area (Å²) in [7, 11) is 0. The molecule has 0 bridgehead atoms. The SMILES string of the molecule is CC(C)(O)C(C)(C)NC(=O)C1CC2CC2C1. The van der Waals surface area contributed by atoms with E-state index >= 15 is 0 Å². The lowest BCUT2D eigenvalue weighted by atomic mass is 9.85. The molecule has 2 rings (SSSR count). The van der Waals surface area contributed by atoms with E-state index in [1.165, 1.54) is 6.42 Å². The zero-order valence-corrected chi connectivity index (χ0v) is 10.7. The molecule has 2 aliphatic rings. The van der Waals surface area contributed by atoms with Crippen LogP contribution in [-0.4, -0.2) is 22.2 Å². The molecule has 3 nitrogen and oxygen atoms in total. The van der Waals surface area contributed by atoms with Gasteiger partial charge in [-0.05, 0) is 58.8 Å². The molecule has 0 aliphatic heterocycles. The Balaban J connectivity index is 1.91. The molecular weight excluding hydrogens is 202 g/mol. The Morgan fingerprint density at radius 2 is 1.62 bits per heavy atom. The summed E-state index contributed by atoms with van der Waals surface area (Å²) < 4.78 is 0. The van der Waals surface area contributed by atoms with Gasteiger partial charge >= 0.3 is 0 Å². The second-order valence-corrected chi connectivity index (χ2v) is 6.60. The average Bonchev–Trinajstić information content (AvgIpc) is 2.70. The molecule has 92 valence electrons. The number of nitrogens with one attached hydrogen (secondary N) is 1. The highest BCUT2D eigenvalue weighted by atomic mass is 16.3. The lowest BCUT2D eigenvalue weighted by Crippen LogP contribution is -2.58. The van der Waals surface area contributed by atoms with Crippen molar-refractivity contribution in [1.82, 2.24) is 5.32 Å². The van der Waals surface area contributed by atoms with E-state index in [0.29, 0.717) is 0 Å². The molecule has 2 aliphatic carbocycles. The van der Waals surface area contributed by atoms with Crippen molar-refractivity contribution in [3.8, 4) is 0 Å². The van der Waals surface area contributed by atoms with Crippen LogP contribution in [0, 0.1) is 17.8 Å². The van der Waals surface area contributed by atoms with Crippen molar-refractivity contribution in [2.45, 2.75) is 58.1 Å². The third-order valence-corrected chi connectivity index (χ3v) is 4.58. The first-order valence-electron chi connectivity index (χ1n) is 6.25. The normalized spacial score (nSPS) is 33.4. The number of aliphatic hydroxyl groups is 1. The number of hydrogen-bond donors (Lipinski definition) is 2. The zero-order chi connectivity index (χ0) is 12.1. The van der Waals surface area contributed by atoms with Gasteiger partial charge in [-0.25, -0.2) is 0 Å². The summed E-state index contributed by atoms with van der Waals surface area (Å²) in [5.41, 5.74) is -1.47. The van der Waals surface area contributed by atoms with Crippen LogP contribution < -0.4 is 5.32 Å². The molecule has 2 atom stereocenters. The van der Waals surface area contributed by atoms with Crippen LogP contribution in [0.1, 0.15) is 47.0 Å². The smallest absolute Gasteiger partial charge is 0.223 e. The van der Waals surface area contributed by atoms with Gasteiger partial charge in [0.2, 0.25) is 5.91 Å². The quantitative estimate of drug-likeness (QED) is 0.768. The van der Waals surface area contributed by atoms with Crippen LogP contribution in [0.15, 0.2) is 0 Å². The molecular formula is C13H23NO2. The molecule has 0 saturated heterocycles. The monoisotopic (exact) mass is 225 g/mol. The minimum absolute atomic E-state index is 0.124. The maximum absolute atomic E-state index is 12.1. The molecule has 2 fully saturated rings. The first-order valence-corrected chi connectivity index (χ1v) is 6.25. The minimum atomic E-state index is -0.899. The summed E-state index contributed by atoms with van der Waals surface area (Å²) in [4.78, 5) is 12.1. The van der Waals surface area contributed by atoms with Gasteiger partial charge in [-0.2, -0.15) is 0 Å². The van der Waals surface area contributed by atoms with Crippen molar-refractivity contribution in [3.63, 3.8) is 0 Å². The Bertz CT molecular complexity index is 294. The number of fused-ring (bicyclic) bond motifs is 1. The molecule has 2 saturated carbocycles. The number of hydrogen-bond acceptors (Lipinski definition) is 2. The third kappa shape index (κ3) is 2.10. The van der Waals surface area contributed by atoms with E-state index in [1.807, 2.05) is 13.8 Å². The Morgan fingerprint density at radius 3 is 2.06 bits per heavy atom. The molecule has 0 aromatic rings. The number of amides is 1. The summed E-state index contributed by atoms with van der Waals surface area (Å²) in [6.07, 6.45) is 3.44. The predicted octanol–water partition coefficient (Wildman–Crippen LogP) is 1.70. The van der Waals surface area contributed by atoms with Crippen LogP contribution >= 0.6 is 0 Å². The fraction of sp³-hybridized carbons (Fsp3) is 0.923. The van der Waals surface area contributed by atoms with Crippen molar-refractivity contribution in [2.75, 3.05) is 0 Å². The molecule has 2 unspecified atom stereocenters. The largest absolute Gasteiger partial charge is 0.388 e. The van der Waals surface area contributed by atoms with Gasteiger partial charge in [0, 0.05) is 5.92 Å². The lowest BCUT2D eigenvalue weighted by molar-refractivity contribution is -0.130. The van der Waals surface area contributed by atoms with E-state index in [1.54, 1.807) is 13.8 Å². The van der Waals surface area contributed by atoms with Gasteiger partial charge in [-0.1, -0.05) is 0 Å². The highest BCUT2D eigenvalue weighted by Gasteiger charge is 2.49. The third-order valence-electron chi connectivity index (χ3n) is 4.58. The van der Waals surface area contributed by atoms with Crippen LogP contribution in [0.2, 0.25) is 0 Å². The summed E-state index contributed by atoms with van der Waals surface area (Å²) in [6, 6.07) is 0. The Morgan fingerprint density at radius 1 is 1.12 bits per heavy atom. The molecule has 0 spiro atoms. The Labute approximate surface area is 97.6 Å². The van der Waals surface area contributed by atoms with Crippen molar-refractivity contribution in [3.05, 3.63) is 0 Å². The summed E-state index contributed by atoms with van der Waals surface area (Å²) in [5, 5.41) is 13.0. The summed E-state index contributed by atoms with van der Waals surface area (Å²) >= 11 is 0. The maximum Gasteiger partial charge on any atom is 0.223 e. The van der Waals surface area contributed by atoms with Crippen molar-refractivity contribution < 1.29 is 9.90 Å². The first kappa shape index (κ1) is 11.9. The predicted molar refractivity (Wildman–Crippen MR) is 62.8 cm³/mol. The van der Waals surface area contributed by atoms with E-state index in [-0.39, 0.29) is 11.8 Å². The molecule has 0 aromatic carbocycles. The second-order valence-electron chi connectivity index (χ2n) is 6.60. The summed E-state index contributed by atoms with van der Waals surface area (Å²) in [6.45, 7) is 7.22. The van der Waals surface area contributed by atoms with Crippen molar-refractivity contribution in [1.29, 1.82) is 0 Å². The topological polar surface area (TPSA) is 49.3 Å². The maximum atomic E-state index is 12.1. The number of carbonyl (C=O) groups is 1. The molecule has 0 aromatic heterocycles. The Hall–Kier alpha value is -0.570. The van der Waals surface area contributed by atoms with E-state index in [2.05, 4.69) is 5.32 Å². The van der Waals surface area contributed by atoms with Crippen LogP contribution in [0.3, 0.4) is 0 Å². The lowest BCUT2D eigenvalue weighted by Gasteiger charge is -2.38. The second kappa shape index (κ2) is 3.46. The fourth-order valence-corrected chi connectivity index (χ4v) is 2.49. The average molecular weight is 225 g/mol. The van der Waals surface area contributed by atoms with Gasteiger partial charge in [0.1, 0.15) is 0 Å². The molecule has 0 heterocycles. The fourth-order valence-electron chi connectivity index (χ4n) is 2.49. The number of rotatable bonds is 3. The highest BCUT2D eigenvalue weighted by Crippen LogP contribution is 2.54. The number of carbonyl (C=O) groups excluding carboxylic acids is 1. The van der Waals surface area contributed by atoms with E-state index in [0.717, 1.165) is 24.7 Å². The highest BCUT2D eigenvalue weighted by molar-refractivity contribution is 5.80. The van der Waals surface area contributed by atoms with E-state index in [9.17, 15) is 9.90 Å². The first-order chi connectivity index (χ1) is 7.21. The van der Waals surface area contributed by atoms with Gasteiger partial charge < -0.3 is 10.4 Å². The minimum Gasteiger partial charge on any atom is -0.388 e. The zero-order valence-electron chi connectivity index (χ0n) is 10.7. The van der Waals surface area contributed by atoms with Crippen molar-refractivity contribution in [2.24, 2.45) is 17.8 Å². The molecule has 1 amide bonds. The van der Waals surface area contributed by atoms with Gasteiger partial charge in [0.05, 0.1) is 11.1 Å². The van der Waals surface area contributed by atoms with Crippen molar-refractivity contribution >= 4 is 5.91 Å². The standard InChI is InChI=1S/C13H23NO2/c1-12(2,13(3,4)16)14-11(15)10-6-8-5-9(8)7-10/h8-10,16H,5-7H2,1-4H3,(H,14,15). The van der Waals surface area contributed by atoms with E-state index < -0.39 is 11.1 Å². The molecule has 0 radical (unpaired) electrons. The van der Waals surface area contributed by atoms with Crippen LogP contribution in [0.4, 0.5) is 0 Å².